The van der Waals surface area contributed by atoms with Crippen LogP contribution in [0.3, 0.4) is 0 Å². The van der Waals surface area contributed by atoms with E-state index in [0.29, 0.717) is 5.92 Å². The first-order valence-corrected chi connectivity index (χ1v) is 7.96. The van der Waals surface area contributed by atoms with Crippen molar-refractivity contribution in [2.24, 2.45) is 7.05 Å². The van der Waals surface area contributed by atoms with Gasteiger partial charge in [0.1, 0.15) is 11.6 Å². The van der Waals surface area contributed by atoms with Crippen LogP contribution in [0.1, 0.15) is 42.9 Å². The maximum atomic E-state index is 11.1. The third kappa shape index (κ3) is 3.96. The van der Waals surface area contributed by atoms with Crippen molar-refractivity contribution >= 4 is 11.6 Å². The van der Waals surface area contributed by atoms with Crippen molar-refractivity contribution in [2.45, 2.75) is 38.8 Å². The normalized spacial score (nSPS) is 14.3. The minimum Gasteiger partial charge on any atom is -0.326 e. The topological polar surface area (TPSA) is 63.1 Å². The van der Waals surface area contributed by atoms with Gasteiger partial charge in [0.25, 0.3) is 0 Å². The number of amides is 1. The average molecular weight is 313 g/mol. The fraction of sp³-hybridized carbons (Fsp3) is 0.471. The Morgan fingerprint density at radius 2 is 2.13 bits per heavy atom. The van der Waals surface area contributed by atoms with Crippen LogP contribution in [0.15, 0.2) is 24.3 Å². The summed E-state index contributed by atoms with van der Waals surface area (Å²) in [5, 5.41) is 11.5. The average Bonchev–Trinajstić information content (AvgIpc) is 3.25. The number of anilines is 1. The molecule has 1 N–H and O–H groups in total. The molecule has 1 fully saturated rings. The molecule has 6 nitrogen and oxygen atoms in total. The molecular formula is C17H23N5O. The van der Waals surface area contributed by atoms with Crippen molar-refractivity contribution in [2.75, 3.05) is 12.4 Å². The Morgan fingerprint density at radius 3 is 2.83 bits per heavy atom. The summed E-state index contributed by atoms with van der Waals surface area (Å²) in [6.45, 7) is 3.06. The summed E-state index contributed by atoms with van der Waals surface area (Å²) in [4.78, 5) is 13.4. The van der Waals surface area contributed by atoms with Gasteiger partial charge in [-0.3, -0.25) is 9.69 Å². The van der Waals surface area contributed by atoms with Gasteiger partial charge in [-0.25, -0.2) is 0 Å². The summed E-state index contributed by atoms with van der Waals surface area (Å²) >= 11 is 0. The van der Waals surface area contributed by atoms with Gasteiger partial charge in [0.2, 0.25) is 5.91 Å². The Labute approximate surface area is 136 Å². The first kappa shape index (κ1) is 15.7. The minimum absolute atomic E-state index is 0.0535. The molecule has 1 aliphatic rings. The van der Waals surface area contributed by atoms with Crippen molar-refractivity contribution < 1.29 is 4.79 Å². The Bertz CT molecular complexity index is 705. The van der Waals surface area contributed by atoms with Crippen LogP contribution in [0.25, 0.3) is 0 Å². The smallest absolute Gasteiger partial charge is 0.221 e. The fourth-order valence-corrected chi connectivity index (χ4v) is 2.77. The Hall–Kier alpha value is -2.21. The van der Waals surface area contributed by atoms with Gasteiger partial charge in [-0.15, -0.1) is 10.2 Å². The molecule has 1 aliphatic carbocycles. The number of nitrogens with one attached hydrogen (secondary N) is 1. The summed E-state index contributed by atoms with van der Waals surface area (Å²) in [6.07, 6.45) is 2.47. The molecule has 1 aromatic carbocycles. The predicted octanol–water partition coefficient (Wildman–Crippen LogP) is 2.28. The molecule has 0 spiro atoms. The Balaban J connectivity index is 1.62. The van der Waals surface area contributed by atoms with Crippen molar-refractivity contribution in [1.29, 1.82) is 0 Å². The molecule has 23 heavy (non-hydrogen) atoms. The Kier molecular flexibility index (Phi) is 4.43. The van der Waals surface area contributed by atoms with Crippen LogP contribution in [-0.4, -0.2) is 32.6 Å². The van der Waals surface area contributed by atoms with E-state index < -0.39 is 0 Å². The highest BCUT2D eigenvalue weighted by atomic mass is 16.1. The SMILES string of the molecule is CC(=O)Nc1cccc(CN(C)Cc2nnc(C3CC3)n2C)c1. The van der Waals surface area contributed by atoms with E-state index in [4.69, 9.17) is 0 Å². The number of carbonyl (C=O) groups is 1. The number of benzene rings is 1. The molecule has 0 aliphatic heterocycles. The number of hydrogen-bond acceptors (Lipinski definition) is 4. The van der Waals surface area contributed by atoms with Crippen molar-refractivity contribution in [3.8, 4) is 0 Å². The van der Waals surface area contributed by atoms with Crippen LogP contribution in [0.2, 0.25) is 0 Å². The summed E-state index contributed by atoms with van der Waals surface area (Å²) in [7, 11) is 4.12. The molecule has 2 aromatic rings. The predicted molar refractivity (Wildman–Crippen MR) is 88.9 cm³/mol. The number of rotatable bonds is 6. The van der Waals surface area contributed by atoms with E-state index in [0.717, 1.165) is 36.0 Å². The molecule has 0 atom stereocenters. The standard InChI is InChI=1S/C17H23N5O/c1-12(23)18-15-6-4-5-13(9-15)10-21(2)11-16-19-20-17(22(16)3)14-7-8-14/h4-6,9,14H,7-8,10-11H2,1-3H3,(H,18,23). The van der Waals surface area contributed by atoms with Crippen molar-refractivity contribution in [3.63, 3.8) is 0 Å². The maximum absolute atomic E-state index is 11.1. The van der Waals surface area contributed by atoms with Gasteiger partial charge in [-0.1, -0.05) is 12.1 Å². The number of hydrogen-bond donors (Lipinski definition) is 1. The van der Waals surface area contributed by atoms with E-state index in [9.17, 15) is 4.79 Å². The summed E-state index contributed by atoms with van der Waals surface area (Å²) in [5.74, 6) is 2.66. The zero-order chi connectivity index (χ0) is 16.4. The van der Waals surface area contributed by atoms with Crippen LogP contribution in [0.4, 0.5) is 5.69 Å². The lowest BCUT2D eigenvalue weighted by Gasteiger charge is -2.17. The van der Waals surface area contributed by atoms with Crippen LogP contribution >= 0.6 is 0 Å². The van der Waals surface area contributed by atoms with Crippen LogP contribution in [0.5, 0.6) is 0 Å². The van der Waals surface area contributed by atoms with Crippen LogP contribution < -0.4 is 5.32 Å². The molecule has 0 radical (unpaired) electrons. The quantitative estimate of drug-likeness (QED) is 0.889. The molecule has 0 saturated heterocycles. The fourth-order valence-electron chi connectivity index (χ4n) is 2.77. The van der Waals surface area contributed by atoms with E-state index in [2.05, 4.69) is 38.1 Å². The highest BCUT2D eigenvalue weighted by Crippen LogP contribution is 2.38. The summed E-state index contributed by atoms with van der Waals surface area (Å²) < 4.78 is 2.13. The molecule has 6 heteroatoms. The van der Waals surface area contributed by atoms with Gasteiger partial charge in [0.15, 0.2) is 0 Å². The number of nitrogens with zero attached hydrogens (tertiary/aromatic N) is 4. The molecule has 1 amide bonds. The summed E-state index contributed by atoms with van der Waals surface area (Å²) in [6, 6.07) is 7.93. The highest BCUT2D eigenvalue weighted by molar-refractivity contribution is 5.88. The zero-order valence-corrected chi connectivity index (χ0v) is 13.9. The van der Waals surface area contributed by atoms with Crippen LogP contribution in [-0.2, 0) is 24.9 Å². The van der Waals surface area contributed by atoms with Gasteiger partial charge in [-0.2, -0.15) is 0 Å². The first-order valence-electron chi connectivity index (χ1n) is 7.96. The largest absolute Gasteiger partial charge is 0.326 e. The summed E-state index contributed by atoms with van der Waals surface area (Å²) in [5.41, 5.74) is 1.99. The third-order valence-corrected chi connectivity index (χ3v) is 4.05. The van der Waals surface area contributed by atoms with E-state index in [-0.39, 0.29) is 5.91 Å². The van der Waals surface area contributed by atoms with Gasteiger partial charge >= 0.3 is 0 Å². The van der Waals surface area contributed by atoms with E-state index >= 15 is 0 Å². The minimum atomic E-state index is -0.0535. The second-order valence-corrected chi connectivity index (χ2v) is 6.36. The molecule has 1 aromatic heterocycles. The molecule has 0 bridgehead atoms. The van der Waals surface area contributed by atoms with E-state index in [1.54, 1.807) is 0 Å². The van der Waals surface area contributed by atoms with E-state index in [1.807, 2.05) is 25.2 Å². The monoisotopic (exact) mass is 313 g/mol. The Morgan fingerprint density at radius 1 is 1.35 bits per heavy atom. The van der Waals surface area contributed by atoms with Gasteiger partial charge in [0.05, 0.1) is 6.54 Å². The van der Waals surface area contributed by atoms with Crippen molar-refractivity contribution in [3.05, 3.63) is 41.5 Å². The second kappa shape index (κ2) is 6.50. The van der Waals surface area contributed by atoms with Gasteiger partial charge in [0, 0.05) is 32.1 Å². The molecular weight excluding hydrogens is 290 g/mol. The molecule has 1 saturated carbocycles. The third-order valence-electron chi connectivity index (χ3n) is 4.05. The highest BCUT2D eigenvalue weighted by Gasteiger charge is 2.29. The van der Waals surface area contributed by atoms with Gasteiger partial charge in [-0.05, 0) is 37.6 Å². The maximum Gasteiger partial charge on any atom is 0.221 e. The lowest BCUT2D eigenvalue weighted by molar-refractivity contribution is -0.114. The molecule has 3 rings (SSSR count). The molecule has 0 unspecified atom stereocenters. The first-order chi connectivity index (χ1) is 11.0. The van der Waals surface area contributed by atoms with Crippen molar-refractivity contribution in [1.82, 2.24) is 19.7 Å². The molecule has 1 heterocycles. The lowest BCUT2D eigenvalue weighted by Crippen LogP contribution is -2.20. The van der Waals surface area contributed by atoms with E-state index in [1.165, 1.54) is 19.8 Å². The second-order valence-electron chi connectivity index (χ2n) is 6.36. The zero-order valence-electron chi connectivity index (χ0n) is 13.9. The molecule has 122 valence electrons. The van der Waals surface area contributed by atoms with Crippen LogP contribution in [0, 0.1) is 0 Å². The number of carbonyl (C=O) groups excluding carboxylic acids is 1. The number of aromatic nitrogens is 3. The van der Waals surface area contributed by atoms with Gasteiger partial charge < -0.3 is 9.88 Å². The lowest BCUT2D eigenvalue weighted by atomic mass is 10.2.